The van der Waals surface area contributed by atoms with Crippen LogP contribution in [0.2, 0.25) is 0 Å². The Bertz CT molecular complexity index is 383. The van der Waals surface area contributed by atoms with Gasteiger partial charge in [-0.15, -0.1) is 0 Å². The molecule has 5 nitrogen and oxygen atoms in total. The molecule has 0 aromatic heterocycles. The van der Waals surface area contributed by atoms with Crippen LogP contribution >= 0.6 is 0 Å². The molecule has 0 aromatic carbocycles. The van der Waals surface area contributed by atoms with Crippen LogP contribution < -0.4 is 5.32 Å². The first-order chi connectivity index (χ1) is 9.45. The summed E-state index contributed by atoms with van der Waals surface area (Å²) in [5, 5.41) is 2.69. The molecular formula is C15H26N2O3. The number of rotatable bonds is 3. The number of nitrogens with zero attached hydrogens (tertiary/aromatic N) is 1. The van der Waals surface area contributed by atoms with E-state index in [0.717, 1.165) is 12.8 Å². The normalized spacial score (nSPS) is 30.2. The van der Waals surface area contributed by atoms with Crippen molar-refractivity contribution in [3.63, 3.8) is 0 Å². The summed E-state index contributed by atoms with van der Waals surface area (Å²) in [5.41, 5.74) is 0. The highest BCUT2D eigenvalue weighted by Crippen LogP contribution is 2.41. The van der Waals surface area contributed by atoms with Gasteiger partial charge in [0.25, 0.3) is 0 Å². The Morgan fingerprint density at radius 3 is 2.60 bits per heavy atom. The molecule has 2 aliphatic rings. The molecule has 2 amide bonds. The van der Waals surface area contributed by atoms with Gasteiger partial charge in [0.1, 0.15) is 6.04 Å². The fraction of sp³-hybridized carbons (Fsp3) is 0.867. The van der Waals surface area contributed by atoms with Gasteiger partial charge >= 0.3 is 6.09 Å². The van der Waals surface area contributed by atoms with Crippen molar-refractivity contribution in [2.75, 3.05) is 7.11 Å². The van der Waals surface area contributed by atoms with Crippen molar-refractivity contribution < 1.29 is 14.3 Å². The fourth-order valence-electron chi connectivity index (χ4n) is 3.78. The van der Waals surface area contributed by atoms with Crippen LogP contribution in [0.3, 0.4) is 0 Å². The van der Waals surface area contributed by atoms with E-state index in [4.69, 9.17) is 0 Å². The maximum absolute atomic E-state index is 12.8. The minimum absolute atomic E-state index is 0.0484. The second kappa shape index (κ2) is 6.02. The third-order valence-electron chi connectivity index (χ3n) is 4.74. The van der Waals surface area contributed by atoms with E-state index in [9.17, 15) is 9.59 Å². The lowest BCUT2D eigenvalue weighted by Crippen LogP contribution is -2.54. The lowest BCUT2D eigenvalue weighted by atomic mass is 10.0. The van der Waals surface area contributed by atoms with Gasteiger partial charge in [0.15, 0.2) is 0 Å². The smallest absolute Gasteiger partial charge is 0.407 e. The second-order valence-corrected chi connectivity index (χ2v) is 6.45. The number of carbonyl (C=O) groups excluding carboxylic acids is 2. The van der Waals surface area contributed by atoms with Gasteiger partial charge in [-0.2, -0.15) is 0 Å². The minimum Gasteiger partial charge on any atom is -0.453 e. The van der Waals surface area contributed by atoms with Crippen molar-refractivity contribution in [2.24, 2.45) is 11.8 Å². The third kappa shape index (κ3) is 2.76. The Labute approximate surface area is 121 Å². The highest BCUT2D eigenvalue weighted by molar-refractivity contribution is 5.86. The molecule has 5 heteroatoms. The molecule has 0 aromatic rings. The zero-order chi connectivity index (χ0) is 14.9. The monoisotopic (exact) mass is 282 g/mol. The van der Waals surface area contributed by atoms with Gasteiger partial charge in [-0.1, -0.05) is 20.3 Å². The number of alkyl carbamates (subject to hydrolysis) is 1. The molecule has 2 fully saturated rings. The largest absolute Gasteiger partial charge is 0.453 e. The van der Waals surface area contributed by atoms with E-state index < -0.39 is 12.1 Å². The summed E-state index contributed by atoms with van der Waals surface area (Å²) < 4.78 is 4.64. The molecule has 1 heterocycles. The maximum Gasteiger partial charge on any atom is 0.407 e. The number of likely N-dealkylation sites (tertiary alicyclic amines) is 1. The molecule has 2 rings (SSSR count). The standard InChI is InChI=1S/C15H26N2O3/c1-9(2)13(16-15(19)20-4)14(18)17-10(3)8-11-6-5-7-12(11)17/h9-13H,5-8H2,1-4H3,(H,16,19)/t10?,11?,12?,13-/m0/s1. The fourth-order valence-corrected chi connectivity index (χ4v) is 3.78. The van der Waals surface area contributed by atoms with E-state index in [2.05, 4.69) is 17.0 Å². The topological polar surface area (TPSA) is 58.6 Å². The summed E-state index contributed by atoms with van der Waals surface area (Å²) >= 11 is 0. The first-order valence-electron chi connectivity index (χ1n) is 7.62. The lowest BCUT2D eigenvalue weighted by molar-refractivity contribution is -0.137. The average Bonchev–Trinajstić information content (AvgIpc) is 2.94. The van der Waals surface area contributed by atoms with Crippen molar-refractivity contribution in [1.29, 1.82) is 0 Å². The number of fused-ring (bicyclic) bond motifs is 1. The molecular weight excluding hydrogens is 256 g/mol. The van der Waals surface area contributed by atoms with Crippen LogP contribution in [-0.2, 0) is 9.53 Å². The van der Waals surface area contributed by atoms with E-state index in [1.165, 1.54) is 20.0 Å². The summed E-state index contributed by atoms with van der Waals surface area (Å²) in [4.78, 5) is 26.3. The molecule has 3 unspecified atom stereocenters. The summed E-state index contributed by atoms with van der Waals surface area (Å²) in [6.07, 6.45) is 4.10. The predicted molar refractivity (Wildman–Crippen MR) is 76.2 cm³/mol. The molecule has 1 saturated heterocycles. The summed E-state index contributed by atoms with van der Waals surface area (Å²) in [5.74, 6) is 0.751. The van der Waals surface area contributed by atoms with Gasteiger partial charge in [0, 0.05) is 12.1 Å². The van der Waals surface area contributed by atoms with Gasteiger partial charge in [0.05, 0.1) is 7.11 Å². The number of hydrogen-bond acceptors (Lipinski definition) is 3. The average molecular weight is 282 g/mol. The minimum atomic E-state index is -0.535. The van der Waals surface area contributed by atoms with Crippen LogP contribution in [0.5, 0.6) is 0 Å². The second-order valence-electron chi connectivity index (χ2n) is 6.45. The van der Waals surface area contributed by atoms with E-state index >= 15 is 0 Å². The van der Waals surface area contributed by atoms with E-state index in [1.807, 2.05) is 18.7 Å². The number of nitrogens with one attached hydrogen (secondary N) is 1. The summed E-state index contributed by atoms with van der Waals surface area (Å²) in [6.45, 7) is 6.02. The number of methoxy groups -OCH3 is 1. The Kier molecular flexibility index (Phi) is 4.55. The van der Waals surface area contributed by atoms with Crippen molar-refractivity contribution >= 4 is 12.0 Å². The van der Waals surface area contributed by atoms with Crippen LogP contribution in [0.15, 0.2) is 0 Å². The van der Waals surface area contributed by atoms with Gasteiger partial charge < -0.3 is 15.0 Å². The molecule has 1 aliphatic heterocycles. The van der Waals surface area contributed by atoms with Crippen molar-refractivity contribution in [2.45, 2.75) is 64.6 Å². The molecule has 0 bridgehead atoms. The summed E-state index contributed by atoms with van der Waals surface area (Å²) in [6, 6.07) is 0.154. The van der Waals surface area contributed by atoms with Crippen LogP contribution in [-0.4, -0.2) is 42.1 Å². The zero-order valence-electron chi connectivity index (χ0n) is 12.9. The molecule has 0 spiro atoms. The summed E-state index contributed by atoms with van der Waals surface area (Å²) in [7, 11) is 1.32. The van der Waals surface area contributed by atoms with Crippen molar-refractivity contribution in [3.8, 4) is 0 Å². The molecule has 0 radical (unpaired) electrons. The maximum atomic E-state index is 12.8. The number of amides is 2. The van der Waals surface area contributed by atoms with E-state index in [-0.39, 0.29) is 17.9 Å². The molecule has 4 atom stereocenters. The SMILES string of the molecule is COC(=O)N[C@H](C(=O)N1C(C)CC2CCCC21)C(C)C. The Balaban J connectivity index is 2.12. The lowest BCUT2D eigenvalue weighted by Gasteiger charge is -2.33. The first kappa shape index (κ1) is 15.1. The van der Waals surface area contributed by atoms with Gasteiger partial charge in [-0.05, 0) is 38.0 Å². The highest BCUT2D eigenvalue weighted by Gasteiger charge is 2.46. The Morgan fingerprint density at radius 2 is 2.00 bits per heavy atom. The number of carbonyl (C=O) groups is 2. The Hall–Kier alpha value is -1.26. The van der Waals surface area contributed by atoms with Crippen LogP contribution in [0.25, 0.3) is 0 Å². The molecule has 1 N–H and O–H groups in total. The number of hydrogen-bond donors (Lipinski definition) is 1. The molecule has 114 valence electrons. The Morgan fingerprint density at radius 1 is 1.30 bits per heavy atom. The van der Waals surface area contributed by atoms with Gasteiger partial charge in [-0.3, -0.25) is 4.79 Å². The zero-order valence-corrected chi connectivity index (χ0v) is 12.9. The van der Waals surface area contributed by atoms with Crippen LogP contribution in [0.1, 0.15) is 46.5 Å². The van der Waals surface area contributed by atoms with E-state index in [1.54, 1.807) is 0 Å². The predicted octanol–water partition coefficient (Wildman–Crippen LogP) is 2.16. The van der Waals surface area contributed by atoms with Gasteiger partial charge in [0.2, 0.25) is 5.91 Å². The van der Waals surface area contributed by atoms with Crippen LogP contribution in [0, 0.1) is 11.8 Å². The number of ether oxygens (including phenoxy) is 1. The molecule has 20 heavy (non-hydrogen) atoms. The van der Waals surface area contributed by atoms with E-state index in [0.29, 0.717) is 12.0 Å². The highest BCUT2D eigenvalue weighted by atomic mass is 16.5. The molecule has 1 saturated carbocycles. The third-order valence-corrected chi connectivity index (χ3v) is 4.74. The van der Waals surface area contributed by atoms with Crippen LogP contribution in [0.4, 0.5) is 4.79 Å². The first-order valence-corrected chi connectivity index (χ1v) is 7.62. The van der Waals surface area contributed by atoms with Crippen molar-refractivity contribution in [3.05, 3.63) is 0 Å². The van der Waals surface area contributed by atoms with Gasteiger partial charge in [-0.25, -0.2) is 4.79 Å². The van der Waals surface area contributed by atoms with Crippen molar-refractivity contribution in [1.82, 2.24) is 10.2 Å². The molecule has 1 aliphatic carbocycles. The quantitative estimate of drug-likeness (QED) is 0.863.